The van der Waals surface area contributed by atoms with Crippen LogP contribution in [-0.2, 0) is 11.3 Å². The van der Waals surface area contributed by atoms with Crippen LogP contribution in [0.3, 0.4) is 0 Å². The fourth-order valence-corrected chi connectivity index (χ4v) is 2.56. The van der Waals surface area contributed by atoms with Gasteiger partial charge in [-0.3, -0.25) is 4.79 Å². The SMILES string of the molecule is O=C(C[C@@H]1CCNC1)NCc1cc(-c2ccc(F)cc2)no1. The van der Waals surface area contributed by atoms with Crippen molar-refractivity contribution in [2.75, 3.05) is 13.1 Å². The third kappa shape index (κ3) is 3.71. The van der Waals surface area contributed by atoms with Crippen LogP contribution in [0.15, 0.2) is 34.9 Å². The number of aromatic nitrogens is 1. The van der Waals surface area contributed by atoms with Gasteiger partial charge in [0, 0.05) is 18.1 Å². The molecule has 1 aromatic heterocycles. The van der Waals surface area contributed by atoms with E-state index in [1.54, 1.807) is 18.2 Å². The monoisotopic (exact) mass is 303 g/mol. The van der Waals surface area contributed by atoms with Gasteiger partial charge in [-0.1, -0.05) is 5.16 Å². The molecule has 0 radical (unpaired) electrons. The fraction of sp³-hybridized carbons (Fsp3) is 0.375. The molecule has 0 spiro atoms. The number of nitrogens with one attached hydrogen (secondary N) is 2. The predicted octanol–water partition coefficient (Wildman–Crippen LogP) is 2.10. The Morgan fingerprint density at radius 3 is 2.95 bits per heavy atom. The summed E-state index contributed by atoms with van der Waals surface area (Å²) in [5.74, 6) is 0.733. The second kappa shape index (κ2) is 6.70. The van der Waals surface area contributed by atoms with E-state index in [-0.39, 0.29) is 11.7 Å². The highest BCUT2D eigenvalue weighted by Crippen LogP contribution is 2.19. The number of benzene rings is 1. The zero-order valence-electron chi connectivity index (χ0n) is 12.1. The predicted molar refractivity (Wildman–Crippen MR) is 79.3 cm³/mol. The molecule has 1 atom stereocenters. The molecule has 0 saturated carbocycles. The summed E-state index contributed by atoms with van der Waals surface area (Å²) in [5.41, 5.74) is 1.41. The van der Waals surface area contributed by atoms with Crippen LogP contribution in [0.4, 0.5) is 4.39 Å². The van der Waals surface area contributed by atoms with Crippen molar-refractivity contribution in [2.45, 2.75) is 19.4 Å². The van der Waals surface area contributed by atoms with Crippen molar-refractivity contribution in [3.8, 4) is 11.3 Å². The summed E-state index contributed by atoms with van der Waals surface area (Å²) in [4.78, 5) is 11.8. The molecule has 0 aliphatic carbocycles. The average Bonchev–Trinajstić information content (AvgIpc) is 3.17. The molecule has 0 bridgehead atoms. The van der Waals surface area contributed by atoms with Crippen LogP contribution in [0.25, 0.3) is 11.3 Å². The summed E-state index contributed by atoms with van der Waals surface area (Å²) in [5, 5.41) is 10.0. The molecule has 1 fully saturated rings. The second-order valence-electron chi connectivity index (χ2n) is 5.53. The molecule has 2 N–H and O–H groups in total. The van der Waals surface area contributed by atoms with Crippen molar-refractivity contribution < 1.29 is 13.7 Å². The quantitative estimate of drug-likeness (QED) is 0.887. The number of carbonyl (C=O) groups is 1. The van der Waals surface area contributed by atoms with E-state index in [4.69, 9.17) is 4.52 Å². The van der Waals surface area contributed by atoms with E-state index in [1.165, 1.54) is 12.1 Å². The lowest BCUT2D eigenvalue weighted by molar-refractivity contribution is -0.122. The molecule has 6 heteroatoms. The van der Waals surface area contributed by atoms with E-state index in [2.05, 4.69) is 15.8 Å². The lowest BCUT2D eigenvalue weighted by Gasteiger charge is -2.07. The Bertz CT molecular complexity index is 633. The Kier molecular flexibility index (Phi) is 4.48. The summed E-state index contributed by atoms with van der Waals surface area (Å²) >= 11 is 0. The van der Waals surface area contributed by atoms with E-state index < -0.39 is 0 Å². The number of rotatable bonds is 5. The van der Waals surface area contributed by atoms with E-state index in [1.807, 2.05) is 0 Å². The summed E-state index contributed by atoms with van der Waals surface area (Å²) < 4.78 is 18.1. The lowest BCUT2D eigenvalue weighted by atomic mass is 10.0. The van der Waals surface area contributed by atoms with Gasteiger partial charge in [-0.05, 0) is 49.7 Å². The van der Waals surface area contributed by atoms with Gasteiger partial charge in [0.25, 0.3) is 0 Å². The summed E-state index contributed by atoms with van der Waals surface area (Å²) in [7, 11) is 0. The molecule has 1 aliphatic rings. The normalized spacial score (nSPS) is 17.6. The third-order valence-electron chi connectivity index (χ3n) is 3.80. The van der Waals surface area contributed by atoms with Crippen molar-refractivity contribution in [1.82, 2.24) is 15.8 Å². The lowest BCUT2D eigenvalue weighted by Crippen LogP contribution is -2.25. The third-order valence-corrected chi connectivity index (χ3v) is 3.80. The molecule has 22 heavy (non-hydrogen) atoms. The molecule has 1 saturated heterocycles. The second-order valence-corrected chi connectivity index (χ2v) is 5.53. The van der Waals surface area contributed by atoms with Gasteiger partial charge in [-0.25, -0.2) is 4.39 Å². The molecule has 3 rings (SSSR count). The van der Waals surface area contributed by atoms with Gasteiger partial charge < -0.3 is 15.2 Å². The van der Waals surface area contributed by atoms with Gasteiger partial charge >= 0.3 is 0 Å². The highest BCUT2D eigenvalue weighted by molar-refractivity contribution is 5.76. The summed E-state index contributed by atoms with van der Waals surface area (Å²) in [6, 6.07) is 7.79. The van der Waals surface area contributed by atoms with Crippen LogP contribution in [-0.4, -0.2) is 24.2 Å². The van der Waals surface area contributed by atoms with Crippen LogP contribution in [0.5, 0.6) is 0 Å². The topological polar surface area (TPSA) is 67.2 Å². The zero-order valence-corrected chi connectivity index (χ0v) is 12.1. The first-order valence-electron chi connectivity index (χ1n) is 7.39. The van der Waals surface area contributed by atoms with Crippen LogP contribution < -0.4 is 10.6 Å². The zero-order chi connectivity index (χ0) is 15.4. The number of halogens is 1. The Morgan fingerprint density at radius 2 is 2.23 bits per heavy atom. The summed E-state index contributed by atoms with van der Waals surface area (Å²) in [6.07, 6.45) is 1.58. The first-order valence-corrected chi connectivity index (χ1v) is 7.39. The Labute approximate surface area is 127 Å². The van der Waals surface area contributed by atoms with Crippen molar-refractivity contribution in [2.24, 2.45) is 5.92 Å². The van der Waals surface area contributed by atoms with Crippen molar-refractivity contribution in [3.05, 3.63) is 41.9 Å². The van der Waals surface area contributed by atoms with Gasteiger partial charge in [0.15, 0.2) is 5.76 Å². The minimum absolute atomic E-state index is 0.0217. The minimum Gasteiger partial charge on any atom is -0.359 e. The van der Waals surface area contributed by atoms with Crippen LogP contribution in [0.1, 0.15) is 18.6 Å². The maximum atomic E-state index is 12.9. The average molecular weight is 303 g/mol. The van der Waals surface area contributed by atoms with Crippen LogP contribution >= 0.6 is 0 Å². The maximum absolute atomic E-state index is 12.9. The molecule has 2 heterocycles. The Hall–Kier alpha value is -2.21. The Morgan fingerprint density at radius 1 is 1.41 bits per heavy atom. The van der Waals surface area contributed by atoms with Crippen molar-refractivity contribution in [3.63, 3.8) is 0 Å². The minimum atomic E-state index is -0.291. The van der Waals surface area contributed by atoms with Crippen LogP contribution in [0.2, 0.25) is 0 Å². The van der Waals surface area contributed by atoms with E-state index in [0.29, 0.717) is 30.3 Å². The van der Waals surface area contributed by atoms with Crippen molar-refractivity contribution in [1.29, 1.82) is 0 Å². The largest absolute Gasteiger partial charge is 0.359 e. The van der Waals surface area contributed by atoms with Gasteiger partial charge in [0.05, 0.1) is 6.54 Å². The first kappa shape index (κ1) is 14.7. The molecule has 116 valence electrons. The smallest absolute Gasteiger partial charge is 0.220 e. The molecule has 5 nitrogen and oxygen atoms in total. The number of hydrogen-bond donors (Lipinski definition) is 2. The Balaban J connectivity index is 1.53. The first-order chi connectivity index (χ1) is 10.7. The maximum Gasteiger partial charge on any atom is 0.220 e. The van der Waals surface area contributed by atoms with Gasteiger partial charge in [-0.2, -0.15) is 0 Å². The molecule has 1 amide bonds. The molecule has 0 unspecified atom stereocenters. The van der Waals surface area contributed by atoms with Gasteiger partial charge in [0.2, 0.25) is 5.91 Å². The molecule has 1 aromatic carbocycles. The van der Waals surface area contributed by atoms with Crippen LogP contribution in [0, 0.1) is 11.7 Å². The fourth-order valence-electron chi connectivity index (χ4n) is 2.56. The van der Waals surface area contributed by atoms with E-state index >= 15 is 0 Å². The van der Waals surface area contributed by atoms with E-state index in [9.17, 15) is 9.18 Å². The van der Waals surface area contributed by atoms with Crippen molar-refractivity contribution >= 4 is 5.91 Å². The highest BCUT2D eigenvalue weighted by Gasteiger charge is 2.18. The number of amides is 1. The van der Waals surface area contributed by atoms with E-state index in [0.717, 1.165) is 25.1 Å². The molecular formula is C16H18FN3O2. The number of carbonyl (C=O) groups excluding carboxylic acids is 1. The molecule has 1 aliphatic heterocycles. The highest BCUT2D eigenvalue weighted by atomic mass is 19.1. The number of hydrogen-bond acceptors (Lipinski definition) is 4. The van der Waals surface area contributed by atoms with Gasteiger partial charge in [-0.15, -0.1) is 0 Å². The summed E-state index contributed by atoms with van der Waals surface area (Å²) in [6.45, 7) is 2.21. The standard InChI is InChI=1S/C16H18FN3O2/c17-13-3-1-12(2-4-13)15-8-14(22-20-15)10-19-16(21)7-11-5-6-18-9-11/h1-4,8,11,18H,5-7,9-10H2,(H,19,21)/t11-/m0/s1. The number of nitrogens with zero attached hydrogens (tertiary/aromatic N) is 1. The molecular weight excluding hydrogens is 285 g/mol. The molecule has 2 aromatic rings. The van der Waals surface area contributed by atoms with Gasteiger partial charge in [0.1, 0.15) is 11.5 Å².